The number of aromatic nitrogens is 1. The zero-order valence-electron chi connectivity index (χ0n) is 8.56. The van der Waals surface area contributed by atoms with Crippen LogP contribution in [0.25, 0.3) is 0 Å². The lowest BCUT2D eigenvalue weighted by molar-refractivity contribution is -0.156. The van der Waals surface area contributed by atoms with Crippen molar-refractivity contribution in [3.63, 3.8) is 0 Å². The van der Waals surface area contributed by atoms with Crippen LogP contribution in [0.1, 0.15) is 12.8 Å². The Morgan fingerprint density at radius 1 is 1.33 bits per heavy atom. The van der Waals surface area contributed by atoms with Crippen molar-refractivity contribution in [1.82, 2.24) is 4.57 Å². The number of ether oxygens (including phenoxy) is 1. The van der Waals surface area contributed by atoms with Gasteiger partial charge in [-0.1, -0.05) is 0 Å². The van der Waals surface area contributed by atoms with Crippen LogP contribution in [0.5, 0.6) is 0 Å². The minimum atomic E-state index is -0.709. The fraction of sp³-hybridized carbons (Fsp3) is 0.545. The number of hydrogen-bond acceptors (Lipinski definition) is 2. The molecule has 0 atom stereocenters. The molecular weight excluding hydrogens is 194 g/mol. The van der Waals surface area contributed by atoms with E-state index in [0.29, 0.717) is 32.6 Å². The molecule has 4 nitrogen and oxygen atoms in total. The van der Waals surface area contributed by atoms with Crippen molar-refractivity contribution >= 4 is 5.97 Å². The van der Waals surface area contributed by atoms with Gasteiger partial charge in [-0.05, 0) is 25.0 Å². The number of hydrogen-bond donors (Lipinski definition) is 1. The molecule has 82 valence electrons. The number of nitrogens with zero attached hydrogens (tertiary/aromatic N) is 1. The van der Waals surface area contributed by atoms with E-state index in [9.17, 15) is 9.90 Å². The first-order chi connectivity index (χ1) is 7.23. The Bertz CT molecular complexity index is 326. The topological polar surface area (TPSA) is 51.5 Å². The molecule has 0 unspecified atom stereocenters. The Morgan fingerprint density at radius 2 is 1.93 bits per heavy atom. The summed E-state index contributed by atoms with van der Waals surface area (Å²) in [6.45, 7) is 1.64. The second-order valence-electron chi connectivity index (χ2n) is 4.05. The molecular formula is C11H15NO3. The van der Waals surface area contributed by atoms with E-state index in [1.54, 1.807) is 0 Å². The van der Waals surface area contributed by atoms with E-state index < -0.39 is 11.4 Å². The van der Waals surface area contributed by atoms with Gasteiger partial charge in [0.15, 0.2) is 0 Å². The Labute approximate surface area is 88.5 Å². The Hall–Kier alpha value is -1.29. The van der Waals surface area contributed by atoms with Crippen molar-refractivity contribution in [3.05, 3.63) is 24.5 Å². The minimum Gasteiger partial charge on any atom is -0.481 e. The maximum absolute atomic E-state index is 11.3. The van der Waals surface area contributed by atoms with E-state index in [-0.39, 0.29) is 0 Å². The van der Waals surface area contributed by atoms with Crippen LogP contribution in [0.2, 0.25) is 0 Å². The molecule has 1 aliphatic heterocycles. The predicted octanol–water partition coefficient (Wildman–Crippen LogP) is 1.37. The summed E-state index contributed by atoms with van der Waals surface area (Å²) < 4.78 is 7.15. The highest BCUT2D eigenvalue weighted by atomic mass is 16.5. The number of rotatable bonds is 3. The van der Waals surface area contributed by atoms with Crippen LogP contribution < -0.4 is 0 Å². The molecule has 15 heavy (non-hydrogen) atoms. The highest BCUT2D eigenvalue weighted by molar-refractivity contribution is 5.74. The molecule has 0 spiro atoms. The fourth-order valence-corrected chi connectivity index (χ4v) is 2.03. The summed E-state index contributed by atoms with van der Waals surface area (Å²) in [5, 5.41) is 9.32. The van der Waals surface area contributed by atoms with Crippen molar-refractivity contribution in [1.29, 1.82) is 0 Å². The zero-order chi connectivity index (χ0) is 10.7. The summed E-state index contributed by atoms with van der Waals surface area (Å²) in [5.74, 6) is -0.709. The summed E-state index contributed by atoms with van der Waals surface area (Å²) in [5.41, 5.74) is -0.642. The second kappa shape index (κ2) is 4.06. The van der Waals surface area contributed by atoms with Crippen molar-refractivity contribution in [2.75, 3.05) is 13.2 Å². The van der Waals surface area contributed by atoms with Crippen molar-refractivity contribution < 1.29 is 14.6 Å². The van der Waals surface area contributed by atoms with Crippen molar-refractivity contribution in [2.45, 2.75) is 19.4 Å². The van der Waals surface area contributed by atoms with E-state index in [1.807, 2.05) is 29.1 Å². The molecule has 1 aromatic rings. The van der Waals surface area contributed by atoms with Gasteiger partial charge in [-0.15, -0.1) is 0 Å². The molecule has 4 heteroatoms. The highest BCUT2D eigenvalue weighted by Crippen LogP contribution is 2.32. The number of carboxylic acid groups (broad SMARTS) is 1. The van der Waals surface area contributed by atoms with Crippen LogP contribution in [0, 0.1) is 5.41 Å². The summed E-state index contributed by atoms with van der Waals surface area (Å²) in [7, 11) is 0. The first-order valence-corrected chi connectivity index (χ1v) is 5.15. The summed E-state index contributed by atoms with van der Waals surface area (Å²) in [4.78, 5) is 11.3. The van der Waals surface area contributed by atoms with Gasteiger partial charge in [0.05, 0.1) is 5.41 Å². The Morgan fingerprint density at radius 3 is 2.47 bits per heavy atom. The molecule has 0 saturated carbocycles. The smallest absolute Gasteiger partial charge is 0.311 e. The molecule has 0 amide bonds. The van der Waals surface area contributed by atoms with Gasteiger partial charge >= 0.3 is 5.97 Å². The summed E-state index contributed by atoms with van der Waals surface area (Å²) in [6, 6.07) is 3.82. The molecule has 1 N–H and O–H groups in total. The van der Waals surface area contributed by atoms with E-state index in [2.05, 4.69) is 0 Å². The monoisotopic (exact) mass is 209 g/mol. The predicted molar refractivity (Wildman–Crippen MR) is 54.6 cm³/mol. The lowest BCUT2D eigenvalue weighted by Gasteiger charge is -2.33. The van der Waals surface area contributed by atoms with Gasteiger partial charge in [-0.3, -0.25) is 4.79 Å². The van der Waals surface area contributed by atoms with E-state index >= 15 is 0 Å². The summed E-state index contributed by atoms with van der Waals surface area (Å²) >= 11 is 0. The largest absolute Gasteiger partial charge is 0.481 e. The van der Waals surface area contributed by atoms with Gasteiger partial charge in [0, 0.05) is 32.2 Å². The first-order valence-electron chi connectivity index (χ1n) is 5.15. The van der Waals surface area contributed by atoms with Gasteiger partial charge in [0.1, 0.15) is 0 Å². The minimum absolute atomic E-state index is 0.540. The molecule has 0 aromatic carbocycles. The number of carboxylic acids is 1. The lowest BCUT2D eigenvalue weighted by atomic mass is 9.80. The normalized spacial score (nSPS) is 20.0. The zero-order valence-corrected chi connectivity index (χ0v) is 8.56. The van der Waals surface area contributed by atoms with Crippen LogP contribution in [0.4, 0.5) is 0 Å². The van der Waals surface area contributed by atoms with Gasteiger partial charge in [-0.25, -0.2) is 0 Å². The average molecular weight is 209 g/mol. The van der Waals surface area contributed by atoms with Crippen LogP contribution >= 0.6 is 0 Å². The third-order valence-corrected chi connectivity index (χ3v) is 3.06. The molecule has 1 aliphatic rings. The maximum atomic E-state index is 11.3. The number of aliphatic carboxylic acids is 1. The summed E-state index contributed by atoms with van der Waals surface area (Å²) in [6.07, 6.45) is 5.00. The van der Waals surface area contributed by atoms with E-state index in [1.165, 1.54) is 0 Å². The molecule has 0 aliphatic carbocycles. The fourth-order valence-electron chi connectivity index (χ4n) is 2.03. The van der Waals surface area contributed by atoms with E-state index in [4.69, 9.17) is 4.74 Å². The van der Waals surface area contributed by atoms with Crippen LogP contribution in [-0.2, 0) is 16.1 Å². The van der Waals surface area contributed by atoms with Gasteiger partial charge < -0.3 is 14.4 Å². The SMILES string of the molecule is O=C(O)C1(Cn2cccc2)CCOCC1. The number of carbonyl (C=O) groups is 1. The molecule has 0 bridgehead atoms. The van der Waals surface area contributed by atoms with Crippen molar-refractivity contribution in [3.8, 4) is 0 Å². The molecule has 1 saturated heterocycles. The quantitative estimate of drug-likeness (QED) is 0.818. The molecule has 1 fully saturated rings. The molecule has 2 heterocycles. The maximum Gasteiger partial charge on any atom is 0.311 e. The highest BCUT2D eigenvalue weighted by Gasteiger charge is 2.40. The average Bonchev–Trinajstić information content (AvgIpc) is 2.71. The van der Waals surface area contributed by atoms with Gasteiger partial charge in [0.2, 0.25) is 0 Å². The molecule has 2 rings (SSSR count). The second-order valence-corrected chi connectivity index (χ2v) is 4.05. The van der Waals surface area contributed by atoms with Gasteiger partial charge in [-0.2, -0.15) is 0 Å². The standard InChI is InChI=1S/C11H15NO3/c13-10(14)11(3-7-15-8-4-11)9-12-5-1-2-6-12/h1-2,5-6H,3-4,7-9H2,(H,13,14). The third-order valence-electron chi connectivity index (χ3n) is 3.06. The first kappa shape index (κ1) is 10.2. The van der Waals surface area contributed by atoms with E-state index in [0.717, 1.165) is 0 Å². The van der Waals surface area contributed by atoms with Crippen LogP contribution in [0.3, 0.4) is 0 Å². The third kappa shape index (κ3) is 2.04. The Kier molecular flexibility index (Phi) is 2.77. The van der Waals surface area contributed by atoms with Gasteiger partial charge in [0.25, 0.3) is 0 Å². The lowest BCUT2D eigenvalue weighted by Crippen LogP contribution is -2.40. The molecule has 0 radical (unpaired) electrons. The van der Waals surface area contributed by atoms with Crippen LogP contribution in [0.15, 0.2) is 24.5 Å². The van der Waals surface area contributed by atoms with Crippen molar-refractivity contribution in [2.24, 2.45) is 5.41 Å². The Balaban J connectivity index is 2.15. The molecule has 1 aromatic heterocycles. The van der Waals surface area contributed by atoms with Crippen LogP contribution in [-0.4, -0.2) is 28.9 Å².